The van der Waals surface area contributed by atoms with E-state index in [1.807, 2.05) is 0 Å². The van der Waals surface area contributed by atoms with Gasteiger partial charge in [0.1, 0.15) is 0 Å². The zero-order valence-electron chi connectivity index (χ0n) is 11.4. The summed E-state index contributed by atoms with van der Waals surface area (Å²) < 4.78 is 0. The predicted molar refractivity (Wildman–Crippen MR) is 79.0 cm³/mol. The van der Waals surface area contributed by atoms with Gasteiger partial charge in [0.05, 0.1) is 0 Å². The molecule has 0 saturated heterocycles. The van der Waals surface area contributed by atoms with E-state index in [-0.39, 0.29) is 0 Å². The van der Waals surface area contributed by atoms with Crippen molar-refractivity contribution in [2.45, 2.75) is 70.3 Å². The first kappa shape index (κ1) is 14.4. The summed E-state index contributed by atoms with van der Waals surface area (Å²) in [6.45, 7) is 0.899. The first-order chi connectivity index (χ1) is 8.81. The van der Waals surface area contributed by atoms with Gasteiger partial charge in [0.25, 0.3) is 0 Å². The summed E-state index contributed by atoms with van der Waals surface area (Å²) in [5.41, 5.74) is 0. The largest absolute Gasteiger partial charge is 0.339 e. The molecule has 0 aromatic heterocycles. The first-order valence-electron chi connectivity index (χ1n) is 7.66. The SMILES string of the molecule is O=C(CC1CCCC1)N(CCBr)C1CCCCC1. The molecule has 0 aromatic rings. The molecule has 0 unspecified atom stereocenters. The van der Waals surface area contributed by atoms with E-state index >= 15 is 0 Å². The molecule has 1 amide bonds. The van der Waals surface area contributed by atoms with E-state index in [9.17, 15) is 4.79 Å². The molecule has 2 saturated carbocycles. The standard InChI is InChI=1S/C15H26BrNO/c16-10-11-17(14-8-2-1-3-9-14)15(18)12-13-6-4-5-7-13/h13-14H,1-12H2. The molecule has 0 N–H and O–H groups in total. The molecule has 0 heterocycles. The highest BCUT2D eigenvalue weighted by molar-refractivity contribution is 9.09. The van der Waals surface area contributed by atoms with Crippen LogP contribution in [0.3, 0.4) is 0 Å². The van der Waals surface area contributed by atoms with E-state index in [1.54, 1.807) is 0 Å². The monoisotopic (exact) mass is 315 g/mol. The van der Waals surface area contributed by atoms with Crippen LogP contribution in [0.25, 0.3) is 0 Å². The lowest BCUT2D eigenvalue weighted by Gasteiger charge is -2.34. The average molecular weight is 316 g/mol. The van der Waals surface area contributed by atoms with Crippen LogP contribution >= 0.6 is 15.9 Å². The Hall–Kier alpha value is -0.0500. The predicted octanol–water partition coefficient (Wildman–Crippen LogP) is 4.12. The van der Waals surface area contributed by atoms with Gasteiger partial charge in [0, 0.05) is 24.3 Å². The van der Waals surface area contributed by atoms with Crippen LogP contribution in [-0.2, 0) is 4.79 Å². The summed E-state index contributed by atoms with van der Waals surface area (Å²) in [7, 11) is 0. The highest BCUT2D eigenvalue weighted by Crippen LogP contribution is 2.30. The van der Waals surface area contributed by atoms with E-state index < -0.39 is 0 Å². The Morgan fingerprint density at radius 1 is 1.00 bits per heavy atom. The average Bonchev–Trinajstić information content (AvgIpc) is 2.89. The number of carbonyl (C=O) groups is 1. The molecule has 0 atom stereocenters. The molecule has 0 aliphatic heterocycles. The number of rotatable bonds is 5. The number of amides is 1. The lowest BCUT2D eigenvalue weighted by Crippen LogP contribution is -2.43. The smallest absolute Gasteiger partial charge is 0.223 e. The summed E-state index contributed by atoms with van der Waals surface area (Å²) in [5.74, 6) is 1.10. The molecule has 3 heteroatoms. The second-order valence-electron chi connectivity index (χ2n) is 5.92. The number of hydrogen-bond acceptors (Lipinski definition) is 1. The molecule has 0 spiro atoms. The quantitative estimate of drug-likeness (QED) is 0.699. The van der Waals surface area contributed by atoms with Crippen molar-refractivity contribution in [3.8, 4) is 0 Å². The fourth-order valence-electron chi connectivity index (χ4n) is 3.57. The molecular formula is C15H26BrNO. The van der Waals surface area contributed by atoms with Crippen LogP contribution in [-0.4, -0.2) is 28.7 Å². The maximum atomic E-state index is 12.5. The lowest BCUT2D eigenvalue weighted by atomic mass is 9.93. The second-order valence-corrected chi connectivity index (χ2v) is 6.72. The van der Waals surface area contributed by atoms with Crippen LogP contribution < -0.4 is 0 Å². The summed E-state index contributed by atoms with van der Waals surface area (Å²) in [6.07, 6.45) is 12.4. The summed E-state index contributed by atoms with van der Waals surface area (Å²) in [5, 5.41) is 0.917. The van der Waals surface area contributed by atoms with Crippen molar-refractivity contribution < 1.29 is 4.79 Å². The summed E-state index contributed by atoms with van der Waals surface area (Å²) >= 11 is 3.50. The van der Waals surface area contributed by atoms with Gasteiger partial charge < -0.3 is 4.90 Å². The minimum absolute atomic E-state index is 0.424. The molecule has 104 valence electrons. The van der Waals surface area contributed by atoms with Crippen LogP contribution in [0, 0.1) is 5.92 Å². The highest BCUT2D eigenvalue weighted by atomic mass is 79.9. The third-order valence-corrected chi connectivity index (χ3v) is 4.95. The molecule has 2 aliphatic carbocycles. The normalized spacial score (nSPS) is 22.3. The topological polar surface area (TPSA) is 20.3 Å². The molecular weight excluding hydrogens is 290 g/mol. The molecule has 2 rings (SSSR count). The lowest BCUT2D eigenvalue weighted by molar-refractivity contribution is -0.134. The zero-order valence-corrected chi connectivity index (χ0v) is 13.0. The van der Waals surface area contributed by atoms with Crippen LogP contribution in [0.4, 0.5) is 0 Å². The third-order valence-electron chi connectivity index (χ3n) is 4.60. The van der Waals surface area contributed by atoms with Crippen LogP contribution in [0.5, 0.6) is 0 Å². The summed E-state index contributed by atoms with van der Waals surface area (Å²) in [4.78, 5) is 14.7. The molecule has 2 fully saturated rings. The third kappa shape index (κ3) is 3.97. The van der Waals surface area contributed by atoms with Gasteiger partial charge in [-0.15, -0.1) is 0 Å². The maximum absolute atomic E-state index is 12.5. The van der Waals surface area contributed by atoms with E-state index in [0.29, 0.717) is 17.9 Å². The van der Waals surface area contributed by atoms with Gasteiger partial charge >= 0.3 is 0 Å². The van der Waals surface area contributed by atoms with Crippen molar-refractivity contribution in [3.63, 3.8) is 0 Å². The molecule has 0 bridgehead atoms. The Kier molecular flexibility index (Phi) is 6.00. The Bertz CT molecular complexity index is 257. The molecule has 2 nitrogen and oxygen atoms in total. The van der Waals surface area contributed by atoms with Crippen molar-refractivity contribution in [3.05, 3.63) is 0 Å². The van der Waals surface area contributed by atoms with Crippen molar-refractivity contribution in [2.24, 2.45) is 5.92 Å². The number of carbonyl (C=O) groups excluding carboxylic acids is 1. The maximum Gasteiger partial charge on any atom is 0.223 e. The zero-order chi connectivity index (χ0) is 12.8. The fraction of sp³-hybridized carbons (Fsp3) is 0.933. The van der Waals surface area contributed by atoms with Crippen molar-refractivity contribution >= 4 is 21.8 Å². The van der Waals surface area contributed by atoms with E-state index in [0.717, 1.165) is 18.3 Å². The van der Waals surface area contributed by atoms with Gasteiger partial charge in [0.15, 0.2) is 0 Å². The van der Waals surface area contributed by atoms with E-state index in [2.05, 4.69) is 20.8 Å². The van der Waals surface area contributed by atoms with E-state index in [4.69, 9.17) is 0 Å². The second kappa shape index (κ2) is 7.52. The fourth-order valence-corrected chi connectivity index (χ4v) is 3.96. The Morgan fingerprint density at radius 3 is 2.22 bits per heavy atom. The summed E-state index contributed by atoms with van der Waals surface area (Å²) in [6, 6.07) is 0.533. The van der Waals surface area contributed by atoms with Gasteiger partial charge in [-0.3, -0.25) is 4.79 Å². The molecule has 2 aliphatic rings. The van der Waals surface area contributed by atoms with Gasteiger partial charge in [0.2, 0.25) is 5.91 Å². The number of hydrogen-bond donors (Lipinski definition) is 0. The number of halogens is 1. The van der Waals surface area contributed by atoms with Crippen molar-refractivity contribution in [1.82, 2.24) is 4.90 Å². The Morgan fingerprint density at radius 2 is 1.61 bits per heavy atom. The van der Waals surface area contributed by atoms with Crippen molar-refractivity contribution in [2.75, 3.05) is 11.9 Å². The highest BCUT2D eigenvalue weighted by Gasteiger charge is 2.27. The Balaban J connectivity index is 1.87. The Labute approximate surface area is 120 Å². The van der Waals surface area contributed by atoms with Crippen LogP contribution in [0.15, 0.2) is 0 Å². The number of nitrogens with zero attached hydrogens (tertiary/aromatic N) is 1. The first-order valence-corrected chi connectivity index (χ1v) is 8.79. The van der Waals surface area contributed by atoms with Crippen molar-refractivity contribution in [1.29, 1.82) is 0 Å². The van der Waals surface area contributed by atoms with Crippen LogP contribution in [0.1, 0.15) is 64.2 Å². The van der Waals surface area contributed by atoms with Gasteiger partial charge in [-0.1, -0.05) is 48.0 Å². The van der Waals surface area contributed by atoms with Crippen LogP contribution in [0.2, 0.25) is 0 Å². The van der Waals surface area contributed by atoms with Gasteiger partial charge in [-0.05, 0) is 31.6 Å². The van der Waals surface area contributed by atoms with Gasteiger partial charge in [-0.25, -0.2) is 0 Å². The molecule has 0 aromatic carbocycles. The molecule has 18 heavy (non-hydrogen) atoms. The molecule has 0 radical (unpaired) electrons. The minimum Gasteiger partial charge on any atom is -0.339 e. The van der Waals surface area contributed by atoms with Gasteiger partial charge in [-0.2, -0.15) is 0 Å². The minimum atomic E-state index is 0.424. The number of alkyl halides is 1. The van der Waals surface area contributed by atoms with E-state index in [1.165, 1.54) is 57.8 Å².